The lowest BCUT2D eigenvalue weighted by atomic mass is 9.74. The molecule has 0 saturated carbocycles. The number of rotatable bonds is 7. The normalized spacial score (nSPS) is 15.3. The Labute approximate surface area is 180 Å². The van der Waals surface area contributed by atoms with Crippen molar-refractivity contribution in [2.45, 2.75) is 24.8 Å². The highest BCUT2D eigenvalue weighted by molar-refractivity contribution is 6.30. The van der Waals surface area contributed by atoms with Gasteiger partial charge in [-0.3, -0.25) is 4.79 Å². The van der Waals surface area contributed by atoms with Crippen LogP contribution in [0.15, 0.2) is 48.5 Å². The fourth-order valence-corrected chi connectivity index (χ4v) is 3.60. The van der Waals surface area contributed by atoms with Gasteiger partial charge in [0.05, 0.1) is 6.54 Å². The van der Waals surface area contributed by atoms with E-state index in [1.54, 1.807) is 12.1 Å². The van der Waals surface area contributed by atoms with Crippen LogP contribution in [-0.2, 0) is 21.5 Å². The average Bonchev–Trinajstić information content (AvgIpc) is 2.77. The minimum Gasteiger partial charge on any atom is -0.381 e. The molecule has 3 rings (SSSR count). The van der Waals surface area contributed by atoms with Crippen LogP contribution in [0.2, 0.25) is 5.02 Å². The summed E-state index contributed by atoms with van der Waals surface area (Å²) in [5, 5.41) is 8.77. The summed E-state index contributed by atoms with van der Waals surface area (Å²) < 4.78 is 18.4. The Morgan fingerprint density at radius 3 is 2.30 bits per heavy atom. The minimum atomic E-state index is -0.465. The molecule has 1 fully saturated rings. The molecule has 0 atom stereocenters. The van der Waals surface area contributed by atoms with E-state index in [9.17, 15) is 14.0 Å². The van der Waals surface area contributed by atoms with Crippen LogP contribution < -0.4 is 16.0 Å². The standard InChI is InChI=1S/C22H25ClFN3O3/c23-18-5-3-17(4-6-18)22(9-11-30-12-10-22)15-27-20(28)14-26-21(29)25-13-16-1-7-19(24)8-2-16/h1-8H,9-15H2,(H,27,28)(H2,25,26,29). The Morgan fingerprint density at radius 2 is 1.63 bits per heavy atom. The van der Waals surface area contributed by atoms with Gasteiger partial charge in [0.1, 0.15) is 5.82 Å². The third-order valence-electron chi connectivity index (χ3n) is 5.31. The SMILES string of the molecule is O=C(CNC(=O)NCc1ccc(F)cc1)NCC1(c2ccc(Cl)cc2)CCOCC1. The highest BCUT2D eigenvalue weighted by Gasteiger charge is 2.34. The van der Waals surface area contributed by atoms with E-state index >= 15 is 0 Å². The molecule has 6 nitrogen and oxygen atoms in total. The maximum atomic E-state index is 12.9. The number of ether oxygens (including phenoxy) is 1. The molecule has 1 aliphatic heterocycles. The molecule has 8 heteroatoms. The van der Waals surface area contributed by atoms with Crippen LogP contribution in [0.25, 0.3) is 0 Å². The lowest BCUT2D eigenvalue weighted by Crippen LogP contribution is -2.48. The van der Waals surface area contributed by atoms with Crippen molar-refractivity contribution in [3.63, 3.8) is 0 Å². The zero-order valence-electron chi connectivity index (χ0n) is 16.5. The molecule has 0 bridgehead atoms. The van der Waals surface area contributed by atoms with Crippen molar-refractivity contribution in [3.05, 3.63) is 70.5 Å². The molecule has 0 spiro atoms. The molecule has 30 heavy (non-hydrogen) atoms. The molecule has 3 N–H and O–H groups in total. The quantitative estimate of drug-likeness (QED) is 0.627. The minimum absolute atomic E-state index is 0.136. The molecule has 1 heterocycles. The van der Waals surface area contributed by atoms with Gasteiger partial charge in [0.2, 0.25) is 5.91 Å². The highest BCUT2D eigenvalue weighted by atomic mass is 35.5. The molecular formula is C22H25ClFN3O3. The van der Waals surface area contributed by atoms with Crippen LogP contribution in [0, 0.1) is 5.82 Å². The molecule has 0 aliphatic carbocycles. The molecular weight excluding hydrogens is 409 g/mol. The zero-order valence-corrected chi connectivity index (χ0v) is 17.3. The maximum absolute atomic E-state index is 12.9. The van der Waals surface area contributed by atoms with E-state index in [1.807, 2.05) is 24.3 Å². The van der Waals surface area contributed by atoms with E-state index in [-0.39, 0.29) is 30.2 Å². The van der Waals surface area contributed by atoms with E-state index in [0.717, 1.165) is 24.0 Å². The summed E-state index contributed by atoms with van der Waals surface area (Å²) in [7, 11) is 0. The fraction of sp³-hybridized carbons (Fsp3) is 0.364. The molecule has 2 aromatic carbocycles. The van der Waals surface area contributed by atoms with Crippen LogP contribution in [-0.4, -0.2) is 38.2 Å². The Hall–Kier alpha value is -2.64. The fourth-order valence-electron chi connectivity index (χ4n) is 3.47. The predicted octanol–water partition coefficient (Wildman–Crippen LogP) is 3.14. The van der Waals surface area contributed by atoms with Gasteiger partial charge < -0.3 is 20.7 Å². The van der Waals surface area contributed by atoms with E-state index < -0.39 is 6.03 Å². The lowest BCUT2D eigenvalue weighted by Gasteiger charge is -2.38. The Bertz CT molecular complexity index is 853. The molecule has 0 aromatic heterocycles. The van der Waals surface area contributed by atoms with Crippen molar-refractivity contribution in [2.75, 3.05) is 26.3 Å². The van der Waals surface area contributed by atoms with Crippen molar-refractivity contribution in [1.82, 2.24) is 16.0 Å². The summed E-state index contributed by atoms with van der Waals surface area (Å²) in [6.45, 7) is 1.82. The third kappa shape index (κ3) is 6.18. The van der Waals surface area contributed by atoms with Gasteiger partial charge in [-0.2, -0.15) is 0 Å². The first kappa shape index (κ1) is 22.1. The van der Waals surface area contributed by atoms with E-state index in [1.165, 1.54) is 12.1 Å². The second kappa shape index (κ2) is 10.4. The van der Waals surface area contributed by atoms with E-state index in [2.05, 4.69) is 16.0 Å². The summed E-state index contributed by atoms with van der Waals surface area (Å²) in [4.78, 5) is 24.2. The predicted molar refractivity (Wildman–Crippen MR) is 113 cm³/mol. The van der Waals surface area contributed by atoms with Crippen molar-refractivity contribution < 1.29 is 18.7 Å². The Balaban J connectivity index is 1.46. The molecule has 0 radical (unpaired) electrons. The van der Waals surface area contributed by atoms with Gasteiger partial charge >= 0.3 is 6.03 Å². The highest BCUT2D eigenvalue weighted by Crippen LogP contribution is 2.34. The van der Waals surface area contributed by atoms with Crippen LogP contribution in [0.3, 0.4) is 0 Å². The van der Waals surface area contributed by atoms with Gasteiger partial charge in [-0.25, -0.2) is 9.18 Å². The lowest BCUT2D eigenvalue weighted by molar-refractivity contribution is -0.120. The maximum Gasteiger partial charge on any atom is 0.315 e. The van der Waals surface area contributed by atoms with Gasteiger partial charge in [0.25, 0.3) is 0 Å². The first-order chi connectivity index (χ1) is 14.5. The first-order valence-corrected chi connectivity index (χ1v) is 10.2. The summed E-state index contributed by atoms with van der Waals surface area (Å²) in [6.07, 6.45) is 1.58. The van der Waals surface area contributed by atoms with Gasteiger partial charge in [0, 0.05) is 36.7 Å². The summed E-state index contributed by atoms with van der Waals surface area (Å²) in [5.74, 6) is -0.604. The van der Waals surface area contributed by atoms with Gasteiger partial charge in [-0.15, -0.1) is 0 Å². The third-order valence-corrected chi connectivity index (χ3v) is 5.56. The number of carbonyl (C=O) groups is 2. The van der Waals surface area contributed by atoms with Crippen molar-refractivity contribution >= 4 is 23.5 Å². The molecule has 3 amide bonds. The van der Waals surface area contributed by atoms with Gasteiger partial charge in [0.15, 0.2) is 0 Å². The Kier molecular flexibility index (Phi) is 7.65. The van der Waals surface area contributed by atoms with Crippen LogP contribution in [0.1, 0.15) is 24.0 Å². The van der Waals surface area contributed by atoms with E-state index in [0.29, 0.717) is 24.8 Å². The largest absolute Gasteiger partial charge is 0.381 e. The number of urea groups is 1. The summed E-state index contributed by atoms with van der Waals surface area (Å²) in [6, 6.07) is 13.0. The van der Waals surface area contributed by atoms with Crippen molar-refractivity contribution in [1.29, 1.82) is 0 Å². The number of benzene rings is 2. The summed E-state index contributed by atoms with van der Waals surface area (Å²) >= 11 is 6.01. The Morgan fingerprint density at radius 1 is 0.967 bits per heavy atom. The smallest absolute Gasteiger partial charge is 0.315 e. The second-order valence-electron chi connectivity index (χ2n) is 7.34. The number of carbonyl (C=O) groups excluding carboxylic acids is 2. The van der Waals surface area contributed by atoms with E-state index in [4.69, 9.17) is 16.3 Å². The molecule has 0 unspecified atom stereocenters. The molecule has 1 saturated heterocycles. The molecule has 160 valence electrons. The molecule has 2 aromatic rings. The second-order valence-corrected chi connectivity index (χ2v) is 7.78. The topological polar surface area (TPSA) is 79.5 Å². The van der Waals surface area contributed by atoms with Gasteiger partial charge in [-0.1, -0.05) is 35.9 Å². The van der Waals surface area contributed by atoms with Crippen LogP contribution in [0.4, 0.5) is 9.18 Å². The van der Waals surface area contributed by atoms with Gasteiger partial charge in [-0.05, 0) is 48.2 Å². The average molecular weight is 434 g/mol. The van der Waals surface area contributed by atoms with Crippen LogP contribution >= 0.6 is 11.6 Å². The van der Waals surface area contributed by atoms with Crippen molar-refractivity contribution in [2.24, 2.45) is 0 Å². The zero-order chi connectivity index (χ0) is 21.4. The monoisotopic (exact) mass is 433 g/mol. The first-order valence-electron chi connectivity index (χ1n) is 9.83. The van der Waals surface area contributed by atoms with Crippen LogP contribution in [0.5, 0.6) is 0 Å². The summed E-state index contributed by atoms with van der Waals surface area (Å²) in [5.41, 5.74) is 1.66. The van der Waals surface area contributed by atoms with Crippen molar-refractivity contribution in [3.8, 4) is 0 Å². The number of amides is 3. The number of hydrogen-bond acceptors (Lipinski definition) is 3. The molecule has 1 aliphatic rings. The number of nitrogens with one attached hydrogen (secondary N) is 3. The number of halogens is 2. The number of hydrogen-bond donors (Lipinski definition) is 3.